The van der Waals surface area contributed by atoms with Crippen LogP contribution in [0.3, 0.4) is 0 Å². The van der Waals surface area contributed by atoms with E-state index in [9.17, 15) is 4.79 Å². The van der Waals surface area contributed by atoms with Gasteiger partial charge in [0.25, 0.3) is 0 Å². The van der Waals surface area contributed by atoms with E-state index in [0.717, 1.165) is 32.5 Å². The number of hydrogen-bond donors (Lipinski definition) is 3. The average molecular weight is 215 g/mol. The molecule has 90 valence electrons. The van der Waals surface area contributed by atoms with Gasteiger partial charge in [-0.25, -0.2) is 0 Å². The van der Waals surface area contributed by atoms with E-state index < -0.39 is 0 Å². The largest absolute Gasteiger partial charge is 0.356 e. The molecule has 0 aromatic rings. The lowest BCUT2D eigenvalue weighted by atomic mass is 10.3. The quantitative estimate of drug-likeness (QED) is 0.491. The van der Waals surface area contributed by atoms with Gasteiger partial charge in [0, 0.05) is 19.0 Å². The molecule has 0 atom stereocenters. The predicted octanol–water partition coefficient (Wildman–Crippen LogP) is 0.490. The van der Waals surface area contributed by atoms with E-state index in [1.165, 1.54) is 0 Å². The number of nitrogens with one attached hydrogen (secondary N) is 3. The Hall–Kier alpha value is -0.610. The van der Waals surface area contributed by atoms with Gasteiger partial charge in [0.05, 0.1) is 0 Å². The van der Waals surface area contributed by atoms with E-state index in [2.05, 4.69) is 29.8 Å². The zero-order valence-electron chi connectivity index (χ0n) is 10.2. The fraction of sp³-hybridized carbons (Fsp3) is 0.909. The van der Waals surface area contributed by atoms with Gasteiger partial charge in [0.2, 0.25) is 5.91 Å². The third-order valence-corrected chi connectivity index (χ3v) is 2.06. The van der Waals surface area contributed by atoms with Crippen molar-refractivity contribution in [2.24, 2.45) is 0 Å². The first kappa shape index (κ1) is 14.4. The average Bonchev–Trinajstić information content (AvgIpc) is 2.17. The number of rotatable bonds is 9. The van der Waals surface area contributed by atoms with E-state index >= 15 is 0 Å². The van der Waals surface area contributed by atoms with Gasteiger partial charge in [-0.15, -0.1) is 0 Å². The second-order valence-electron chi connectivity index (χ2n) is 4.02. The fourth-order valence-electron chi connectivity index (χ4n) is 1.22. The number of hydrogen-bond acceptors (Lipinski definition) is 3. The van der Waals surface area contributed by atoms with Crippen LogP contribution in [0.25, 0.3) is 0 Å². The second-order valence-corrected chi connectivity index (χ2v) is 4.02. The Bertz CT molecular complexity index is 160. The van der Waals surface area contributed by atoms with Crippen molar-refractivity contribution in [3.63, 3.8) is 0 Å². The van der Waals surface area contributed by atoms with E-state index in [0.29, 0.717) is 12.5 Å². The zero-order valence-corrected chi connectivity index (χ0v) is 10.2. The minimum absolute atomic E-state index is 0.162. The predicted molar refractivity (Wildman–Crippen MR) is 63.9 cm³/mol. The molecule has 0 bridgehead atoms. The summed E-state index contributed by atoms with van der Waals surface area (Å²) < 4.78 is 0. The van der Waals surface area contributed by atoms with Crippen molar-refractivity contribution in [1.29, 1.82) is 0 Å². The lowest BCUT2D eigenvalue weighted by Gasteiger charge is -2.08. The first-order valence-corrected chi connectivity index (χ1v) is 5.81. The molecule has 4 heteroatoms. The molecule has 0 saturated heterocycles. The van der Waals surface area contributed by atoms with Crippen LogP contribution in [0.5, 0.6) is 0 Å². The number of carbonyl (C=O) groups is 1. The molecule has 0 heterocycles. The lowest BCUT2D eigenvalue weighted by molar-refractivity contribution is -0.121. The third-order valence-electron chi connectivity index (χ3n) is 2.06. The van der Waals surface area contributed by atoms with Crippen molar-refractivity contribution < 1.29 is 4.79 Å². The molecule has 0 aliphatic carbocycles. The zero-order chi connectivity index (χ0) is 11.5. The highest BCUT2D eigenvalue weighted by Gasteiger charge is 1.99. The lowest BCUT2D eigenvalue weighted by Crippen LogP contribution is -2.29. The first-order chi connectivity index (χ1) is 7.16. The van der Waals surface area contributed by atoms with Crippen molar-refractivity contribution in [3.8, 4) is 0 Å². The van der Waals surface area contributed by atoms with Crippen LogP contribution in [0.15, 0.2) is 0 Å². The summed E-state index contributed by atoms with van der Waals surface area (Å²) in [4.78, 5) is 11.3. The van der Waals surface area contributed by atoms with E-state index in [-0.39, 0.29) is 5.91 Å². The van der Waals surface area contributed by atoms with Crippen LogP contribution in [-0.4, -0.2) is 38.6 Å². The summed E-state index contributed by atoms with van der Waals surface area (Å²) in [6, 6.07) is 0.524. The monoisotopic (exact) mass is 215 g/mol. The van der Waals surface area contributed by atoms with Crippen LogP contribution in [0.4, 0.5) is 0 Å². The molecule has 0 fully saturated rings. The molecule has 0 aromatic heterocycles. The summed E-state index contributed by atoms with van der Waals surface area (Å²) in [5.41, 5.74) is 0. The van der Waals surface area contributed by atoms with Gasteiger partial charge in [0.15, 0.2) is 0 Å². The van der Waals surface area contributed by atoms with Gasteiger partial charge in [-0.05, 0) is 33.0 Å². The molecule has 0 aliphatic rings. The molecule has 0 spiro atoms. The highest BCUT2D eigenvalue weighted by Crippen LogP contribution is 1.87. The molecular weight excluding hydrogens is 190 g/mol. The van der Waals surface area contributed by atoms with E-state index in [1.54, 1.807) is 0 Å². The Labute approximate surface area is 93.2 Å². The van der Waals surface area contributed by atoms with Crippen LogP contribution < -0.4 is 16.0 Å². The summed E-state index contributed by atoms with van der Waals surface area (Å²) in [7, 11) is 1.90. The second kappa shape index (κ2) is 9.93. The van der Waals surface area contributed by atoms with Crippen LogP contribution in [-0.2, 0) is 4.79 Å². The number of carbonyl (C=O) groups excluding carboxylic acids is 1. The van der Waals surface area contributed by atoms with Crippen molar-refractivity contribution in [2.75, 3.05) is 26.7 Å². The minimum atomic E-state index is 0.162. The standard InChI is InChI=1S/C11H25N3O/c1-10(2)13-8-5-9-14-11(15)6-4-7-12-3/h10,12-13H,4-9H2,1-3H3,(H,14,15). The van der Waals surface area contributed by atoms with Gasteiger partial charge in [-0.2, -0.15) is 0 Å². The molecular formula is C11H25N3O. The Morgan fingerprint density at radius 1 is 1.13 bits per heavy atom. The van der Waals surface area contributed by atoms with Crippen molar-refractivity contribution >= 4 is 5.91 Å². The Balaban J connectivity index is 3.17. The Morgan fingerprint density at radius 3 is 2.47 bits per heavy atom. The van der Waals surface area contributed by atoms with Crippen LogP contribution in [0.1, 0.15) is 33.1 Å². The third kappa shape index (κ3) is 11.3. The van der Waals surface area contributed by atoms with E-state index in [1.807, 2.05) is 7.05 Å². The van der Waals surface area contributed by atoms with Crippen molar-refractivity contribution in [1.82, 2.24) is 16.0 Å². The van der Waals surface area contributed by atoms with Gasteiger partial charge >= 0.3 is 0 Å². The van der Waals surface area contributed by atoms with Crippen LogP contribution >= 0.6 is 0 Å². The molecule has 0 saturated carbocycles. The minimum Gasteiger partial charge on any atom is -0.356 e. The van der Waals surface area contributed by atoms with Gasteiger partial charge in [-0.3, -0.25) is 4.79 Å². The molecule has 4 nitrogen and oxygen atoms in total. The van der Waals surface area contributed by atoms with Crippen LogP contribution in [0.2, 0.25) is 0 Å². The maximum Gasteiger partial charge on any atom is 0.220 e. The summed E-state index contributed by atoms with van der Waals surface area (Å²) in [5, 5.41) is 9.24. The van der Waals surface area contributed by atoms with Crippen molar-refractivity contribution in [2.45, 2.75) is 39.2 Å². The maximum absolute atomic E-state index is 11.3. The topological polar surface area (TPSA) is 53.2 Å². The Kier molecular flexibility index (Phi) is 9.52. The van der Waals surface area contributed by atoms with Gasteiger partial charge in [-0.1, -0.05) is 13.8 Å². The smallest absolute Gasteiger partial charge is 0.220 e. The van der Waals surface area contributed by atoms with Gasteiger partial charge in [0.1, 0.15) is 0 Å². The highest BCUT2D eigenvalue weighted by molar-refractivity contribution is 5.75. The van der Waals surface area contributed by atoms with Gasteiger partial charge < -0.3 is 16.0 Å². The maximum atomic E-state index is 11.3. The first-order valence-electron chi connectivity index (χ1n) is 5.81. The summed E-state index contributed by atoms with van der Waals surface area (Å²) in [6.45, 7) is 6.89. The molecule has 3 N–H and O–H groups in total. The summed E-state index contributed by atoms with van der Waals surface area (Å²) in [6.07, 6.45) is 2.53. The Morgan fingerprint density at radius 2 is 1.87 bits per heavy atom. The molecule has 15 heavy (non-hydrogen) atoms. The molecule has 1 amide bonds. The van der Waals surface area contributed by atoms with Crippen molar-refractivity contribution in [3.05, 3.63) is 0 Å². The molecule has 0 aromatic carbocycles. The molecule has 0 unspecified atom stereocenters. The molecule has 0 radical (unpaired) electrons. The fourth-order valence-corrected chi connectivity index (χ4v) is 1.22. The number of amides is 1. The van der Waals surface area contributed by atoms with E-state index in [4.69, 9.17) is 0 Å². The molecule has 0 aliphatic heterocycles. The normalized spacial score (nSPS) is 10.7. The SMILES string of the molecule is CNCCCC(=O)NCCCNC(C)C. The molecule has 0 rings (SSSR count). The highest BCUT2D eigenvalue weighted by atomic mass is 16.1. The van der Waals surface area contributed by atoms with Crippen LogP contribution in [0, 0.1) is 0 Å². The summed E-state index contributed by atoms with van der Waals surface area (Å²) in [5.74, 6) is 0.162. The summed E-state index contributed by atoms with van der Waals surface area (Å²) >= 11 is 0.